The molecular formula is C10H14BrNO. The third-order valence-corrected chi connectivity index (χ3v) is 2.62. The van der Waals surface area contributed by atoms with Crippen molar-refractivity contribution in [3.8, 4) is 0 Å². The van der Waals surface area contributed by atoms with Gasteiger partial charge in [-0.2, -0.15) is 0 Å². The first-order valence-electron chi connectivity index (χ1n) is 4.49. The van der Waals surface area contributed by atoms with Crippen LogP contribution in [-0.2, 0) is 6.54 Å². The topological polar surface area (TPSA) is 22.0 Å². The predicted octanol–water partition coefficient (Wildman–Crippen LogP) is 2.66. The molecule has 0 amide bonds. The molecule has 0 bridgehead atoms. The number of pyridine rings is 1. The zero-order valence-electron chi connectivity index (χ0n) is 7.96. The van der Waals surface area contributed by atoms with Gasteiger partial charge >= 0.3 is 0 Å². The molecule has 0 N–H and O–H groups in total. The van der Waals surface area contributed by atoms with Gasteiger partial charge in [-0.05, 0) is 27.9 Å². The summed E-state index contributed by atoms with van der Waals surface area (Å²) in [6.45, 7) is 5.08. The highest BCUT2D eigenvalue weighted by Gasteiger charge is 2.01. The molecule has 0 saturated heterocycles. The van der Waals surface area contributed by atoms with Gasteiger partial charge in [-0.15, -0.1) is 0 Å². The van der Waals surface area contributed by atoms with Crippen LogP contribution in [0.25, 0.3) is 0 Å². The van der Waals surface area contributed by atoms with Gasteiger partial charge in [-0.1, -0.05) is 20.3 Å². The van der Waals surface area contributed by atoms with Crippen LogP contribution in [0.1, 0.15) is 20.3 Å². The Balaban J connectivity index is 2.87. The molecule has 0 aromatic carbocycles. The molecule has 1 aromatic rings. The number of nitrogens with zero attached hydrogens (tertiary/aromatic N) is 1. The fourth-order valence-electron chi connectivity index (χ4n) is 1.11. The minimum absolute atomic E-state index is 0.0727. The SMILES string of the molecule is CCC(C)Cn1cc(Br)ccc1=O. The summed E-state index contributed by atoms with van der Waals surface area (Å²) >= 11 is 3.35. The smallest absolute Gasteiger partial charge is 0.250 e. The fraction of sp³-hybridized carbons (Fsp3) is 0.500. The van der Waals surface area contributed by atoms with Crippen molar-refractivity contribution in [2.24, 2.45) is 5.92 Å². The second-order valence-corrected chi connectivity index (χ2v) is 4.27. The summed E-state index contributed by atoms with van der Waals surface area (Å²) in [7, 11) is 0. The van der Waals surface area contributed by atoms with Crippen LogP contribution in [0.15, 0.2) is 27.6 Å². The van der Waals surface area contributed by atoms with Crippen LogP contribution in [0, 0.1) is 5.92 Å². The van der Waals surface area contributed by atoms with Crippen LogP contribution < -0.4 is 5.56 Å². The van der Waals surface area contributed by atoms with E-state index in [1.165, 1.54) is 0 Å². The molecule has 2 nitrogen and oxygen atoms in total. The first-order chi connectivity index (χ1) is 6.13. The van der Waals surface area contributed by atoms with Crippen LogP contribution in [0.3, 0.4) is 0 Å². The zero-order valence-corrected chi connectivity index (χ0v) is 9.54. The maximum atomic E-state index is 11.4. The molecule has 0 aliphatic rings. The largest absolute Gasteiger partial charge is 0.314 e. The molecule has 1 rings (SSSR count). The van der Waals surface area contributed by atoms with Crippen molar-refractivity contribution in [2.75, 3.05) is 0 Å². The minimum Gasteiger partial charge on any atom is -0.314 e. The van der Waals surface area contributed by atoms with Crippen LogP contribution in [0.4, 0.5) is 0 Å². The highest BCUT2D eigenvalue weighted by atomic mass is 79.9. The van der Waals surface area contributed by atoms with Crippen molar-refractivity contribution in [3.05, 3.63) is 33.2 Å². The van der Waals surface area contributed by atoms with Gasteiger partial charge in [0.1, 0.15) is 0 Å². The van der Waals surface area contributed by atoms with E-state index in [-0.39, 0.29) is 5.56 Å². The predicted molar refractivity (Wildman–Crippen MR) is 57.9 cm³/mol. The van der Waals surface area contributed by atoms with E-state index in [1.807, 2.05) is 6.20 Å². The second kappa shape index (κ2) is 4.61. The Labute approximate surface area is 86.7 Å². The number of rotatable bonds is 3. The molecule has 3 heteroatoms. The highest BCUT2D eigenvalue weighted by molar-refractivity contribution is 9.10. The molecule has 0 radical (unpaired) electrons. The zero-order chi connectivity index (χ0) is 9.84. The van der Waals surface area contributed by atoms with Crippen molar-refractivity contribution >= 4 is 15.9 Å². The van der Waals surface area contributed by atoms with Crippen LogP contribution >= 0.6 is 15.9 Å². The number of aromatic nitrogens is 1. The lowest BCUT2D eigenvalue weighted by atomic mass is 10.1. The molecule has 0 aliphatic carbocycles. The molecule has 0 aliphatic heterocycles. The summed E-state index contributed by atoms with van der Waals surface area (Å²) in [5, 5.41) is 0. The highest BCUT2D eigenvalue weighted by Crippen LogP contribution is 2.08. The normalized spacial score (nSPS) is 12.8. The Morgan fingerprint density at radius 2 is 2.23 bits per heavy atom. The van der Waals surface area contributed by atoms with Crippen LogP contribution in [0.5, 0.6) is 0 Å². The Kier molecular flexibility index (Phi) is 3.72. The summed E-state index contributed by atoms with van der Waals surface area (Å²) < 4.78 is 2.70. The maximum Gasteiger partial charge on any atom is 0.250 e. The molecule has 13 heavy (non-hydrogen) atoms. The average molecular weight is 244 g/mol. The number of halogens is 1. The lowest BCUT2D eigenvalue weighted by Crippen LogP contribution is -2.21. The van der Waals surface area contributed by atoms with Crippen molar-refractivity contribution < 1.29 is 0 Å². The molecule has 0 fully saturated rings. The summed E-state index contributed by atoms with van der Waals surface area (Å²) in [5.41, 5.74) is 0.0727. The molecule has 0 saturated carbocycles. The quantitative estimate of drug-likeness (QED) is 0.801. The molecule has 1 atom stereocenters. The molecule has 1 heterocycles. The monoisotopic (exact) mass is 243 g/mol. The van der Waals surface area contributed by atoms with E-state index in [4.69, 9.17) is 0 Å². The fourth-order valence-corrected chi connectivity index (χ4v) is 1.49. The van der Waals surface area contributed by atoms with E-state index >= 15 is 0 Å². The van der Waals surface area contributed by atoms with Crippen molar-refractivity contribution in [1.82, 2.24) is 4.57 Å². The first kappa shape index (κ1) is 10.5. The van der Waals surface area contributed by atoms with E-state index < -0.39 is 0 Å². The third-order valence-electron chi connectivity index (χ3n) is 2.15. The van der Waals surface area contributed by atoms with E-state index in [0.717, 1.165) is 17.4 Å². The Bertz CT molecular complexity index is 332. The van der Waals surface area contributed by atoms with Crippen LogP contribution in [0.2, 0.25) is 0 Å². The van der Waals surface area contributed by atoms with Crippen molar-refractivity contribution in [2.45, 2.75) is 26.8 Å². The molecule has 0 spiro atoms. The number of hydrogen-bond acceptors (Lipinski definition) is 1. The van der Waals surface area contributed by atoms with E-state index in [2.05, 4.69) is 29.8 Å². The minimum atomic E-state index is 0.0727. The molecule has 72 valence electrons. The van der Waals surface area contributed by atoms with Gasteiger partial charge in [-0.25, -0.2) is 0 Å². The first-order valence-corrected chi connectivity index (χ1v) is 5.28. The second-order valence-electron chi connectivity index (χ2n) is 3.35. The average Bonchev–Trinajstić information content (AvgIpc) is 2.11. The van der Waals surface area contributed by atoms with E-state index in [0.29, 0.717) is 5.92 Å². The van der Waals surface area contributed by atoms with E-state index in [1.54, 1.807) is 16.7 Å². The molecular weight excluding hydrogens is 230 g/mol. The van der Waals surface area contributed by atoms with Gasteiger partial charge in [-0.3, -0.25) is 4.79 Å². The lowest BCUT2D eigenvalue weighted by Gasteiger charge is -2.10. The Morgan fingerprint density at radius 3 is 2.85 bits per heavy atom. The van der Waals surface area contributed by atoms with E-state index in [9.17, 15) is 4.79 Å². The maximum absolute atomic E-state index is 11.4. The Morgan fingerprint density at radius 1 is 1.54 bits per heavy atom. The third kappa shape index (κ3) is 2.99. The van der Waals surface area contributed by atoms with Gasteiger partial charge in [0.25, 0.3) is 5.56 Å². The molecule has 1 aromatic heterocycles. The van der Waals surface area contributed by atoms with Gasteiger partial charge in [0.2, 0.25) is 0 Å². The lowest BCUT2D eigenvalue weighted by molar-refractivity contribution is 0.459. The van der Waals surface area contributed by atoms with Crippen molar-refractivity contribution in [1.29, 1.82) is 0 Å². The van der Waals surface area contributed by atoms with Crippen LogP contribution in [-0.4, -0.2) is 4.57 Å². The van der Waals surface area contributed by atoms with Gasteiger partial charge in [0.05, 0.1) is 0 Å². The molecule has 1 unspecified atom stereocenters. The summed E-state index contributed by atoms with van der Waals surface area (Å²) in [6.07, 6.45) is 2.94. The summed E-state index contributed by atoms with van der Waals surface area (Å²) in [6, 6.07) is 3.36. The Hall–Kier alpha value is -0.570. The van der Waals surface area contributed by atoms with Gasteiger partial charge in [0.15, 0.2) is 0 Å². The summed E-state index contributed by atoms with van der Waals surface area (Å²) in [4.78, 5) is 11.4. The van der Waals surface area contributed by atoms with Gasteiger partial charge < -0.3 is 4.57 Å². The van der Waals surface area contributed by atoms with Crippen molar-refractivity contribution in [3.63, 3.8) is 0 Å². The standard InChI is InChI=1S/C10H14BrNO/c1-3-8(2)6-12-7-9(11)4-5-10(12)13/h4-5,7-8H,3,6H2,1-2H3. The number of hydrogen-bond donors (Lipinski definition) is 0. The van der Waals surface area contributed by atoms with Gasteiger partial charge in [0, 0.05) is 23.3 Å². The summed E-state index contributed by atoms with van der Waals surface area (Å²) in [5.74, 6) is 0.548.